The summed E-state index contributed by atoms with van der Waals surface area (Å²) in [5, 5.41) is 22.8. The molecule has 0 bridgehead atoms. The highest BCUT2D eigenvalue weighted by molar-refractivity contribution is 5.73. The number of hydrogen-bond donors (Lipinski definition) is 2. The standard InChI is InChI=1S/C18H25N5O2.2C2HF3O2/c1-22-17-15(12-25-11-13-5-6-13)9-23(10-16(17)20-21-22)8-14-4-3-7-19-18(14)24-2;2*3-2(4,5)1(6)7/h3-4,7,13,15H,5-6,8-12H2,1-2H3;2*(H,6,7). The molecule has 2 aromatic heterocycles. The molecule has 0 aromatic carbocycles. The largest absolute Gasteiger partial charge is 0.490 e. The van der Waals surface area contributed by atoms with Crippen molar-refractivity contribution in [3.63, 3.8) is 0 Å². The minimum Gasteiger partial charge on any atom is -0.481 e. The highest BCUT2D eigenvalue weighted by Crippen LogP contribution is 2.32. The van der Waals surface area contributed by atoms with Gasteiger partial charge in [-0.2, -0.15) is 26.3 Å². The number of aromatic nitrogens is 4. The molecule has 1 aliphatic carbocycles. The van der Waals surface area contributed by atoms with Crippen LogP contribution in [0.5, 0.6) is 5.88 Å². The van der Waals surface area contributed by atoms with Crippen molar-refractivity contribution in [2.24, 2.45) is 13.0 Å². The quantitative estimate of drug-likeness (QED) is 0.477. The maximum atomic E-state index is 10.6. The Bertz CT molecular complexity index is 1080. The molecule has 0 saturated heterocycles. The topological polar surface area (TPSA) is 140 Å². The van der Waals surface area contributed by atoms with Crippen LogP contribution in [0, 0.1) is 5.92 Å². The van der Waals surface area contributed by atoms with Crippen LogP contribution in [-0.4, -0.2) is 86.3 Å². The number of carboxylic acids is 2. The fraction of sp³-hybridized carbons (Fsp3) is 0.591. The fourth-order valence-electron chi connectivity index (χ4n) is 3.58. The van der Waals surface area contributed by atoms with Crippen LogP contribution in [0.25, 0.3) is 0 Å². The molecule has 1 unspecified atom stereocenters. The lowest BCUT2D eigenvalue weighted by molar-refractivity contribution is -0.193. The van der Waals surface area contributed by atoms with Gasteiger partial charge in [-0.1, -0.05) is 11.3 Å². The lowest BCUT2D eigenvalue weighted by Crippen LogP contribution is -2.36. The number of rotatable bonds is 7. The van der Waals surface area contributed by atoms with Crippen LogP contribution in [0.3, 0.4) is 0 Å². The SMILES string of the molecule is COc1ncccc1CN1Cc2nnn(C)c2C(COCC2CC2)C1.O=C(O)C(F)(F)F.O=C(O)C(F)(F)F. The Kier molecular flexibility index (Phi) is 11.0. The first-order valence-electron chi connectivity index (χ1n) is 11.4. The summed E-state index contributed by atoms with van der Waals surface area (Å²) >= 11 is 0. The van der Waals surface area contributed by atoms with Gasteiger partial charge in [0, 0.05) is 51.0 Å². The van der Waals surface area contributed by atoms with Gasteiger partial charge >= 0.3 is 24.3 Å². The summed E-state index contributed by atoms with van der Waals surface area (Å²) < 4.78 is 76.8. The summed E-state index contributed by atoms with van der Waals surface area (Å²) in [4.78, 5) is 24.5. The molecule has 4 rings (SSSR count). The molecule has 218 valence electrons. The average Bonchev–Trinajstić information content (AvgIpc) is 3.59. The Morgan fingerprint density at radius 2 is 1.67 bits per heavy atom. The zero-order valence-electron chi connectivity index (χ0n) is 20.9. The van der Waals surface area contributed by atoms with E-state index in [0.29, 0.717) is 11.8 Å². The second-order valence-electron chi connectivity index (χ2n) is 8.67. The van der Waals surface area contributed by atoms with E-state index < -0.39 is 24.3 Å². The minimum absolute atomic E-state index is 0.296. The molecule has 2 N–H and O–H groups in total. The Morgan fingerprint density at radius 3 is 2.18 bits per heavy atom. The number of methoxy groups -OCH3 is 1. The van der Waals surface area contributed by atoms with Crippen molar-refractivity contribution in [2.45, 2.75) is 44.2 Å². The summed E-state index contributed by atoms with van der Waals surface area (Å²) in [7, 11) is 3.64. The van der Waals surface area contributed by atoms with Gasteiger partial charge in [-0.3, -0.25) is 9.58 Å². The maximum Gasteiger partial charge on any atom is 0.490 e. The average molecular weight is 571 g/mol. The van der Waals surface area contributed by atoms with E-state index in [4.69, 9.17) is 29.3 Å². The van der Waals surface area contributed by atoms with Crippen molar-refractivity contribution in [2.75, 3.05) is 26.9 Å². The Balaban J connectivity index is 0.000000317. The van der Waals surface area contributed by atoms with Crippen molar-refractivity contribution in [1.82, 2.24) is 24.9 Å². The molecule has 2 aliphatic rings. The van der Waals surface area contributed by atoms with Crippen molar-refractivity contribution in [3.8, 4) is 5.88 Å². The monoisotopic (exact) mass is 571 g/mol. The molecule has 17 heteroatoms. The van der Waals surface area contributed by atoms with E-state index in [2.05, 4.69) is 26.3 Å². The van der Waals surface area contributed by atoms with E-state index in [0.717, 1.165) is 50.0 Å². The molecule has 0 amide bonds. The first-order valence-corrected chi connectivity index (χ1v) is 11.4. The Morgan fingerprint density at radius 1 is 1.08 bits per heavy atom. The molecule has 0 spiro atoms. The molecule has 2 aromatic rings. The normalized spacial score (nSPS) is 17.2. The first-order chi connectivity index (χ1) is 18.1. The molecule has 0 radical (unpaired) electrons. The summed E-state index contributed by atoms with van der Waals surface area (Å²) in [5.74, 6) is -3.75. The van der Waals surface area contributed by atoms with Crippen molar-refractivity contribution in [3.05, 3.63) is 35.3 Å². The highest BCUT2D eigenvalue weighted by Gasteiger charge is 2.39. The zero-order valence-corrected chi connectivity index (χ0v) is 20.9. The number of fused-ring (bicyclic) bond motifs is 1. The summed E-state index contributed by atoms with van der Waals surface area (Å²) in [5.41, 5.74) is 3.36. The summed E-state index contributed by atoms with van der Waals surface area (Å²) in [6, 6.07) is 4.02. The highest BCUT2D eigenvalue weighted by atomic mass is 19.4. The van der Waals surface area contributed by atoms with Crippen LogP contribution in [0.15, 0.2) is 18.3 Å². The zero-order chi connectivity index (χ0) is 29.4. The smallest absolute Gasteiger partial charge is 0.481 e. The molecule has 1 atom stereocenters. The van der Waals surface area contributed by atoms with Crippen molar-refractivity contribution in [1.29, 1.82) is 0 Å². The summed E-state index contributed by atoms with van der Waals surface area (Å²) in [6.07, 6.45) is -5.78. The van der Waals surface area contributed by atoms with E-state index in [9.17, 15) is 26.3 Å². The van der Waals surface area contributed by atoms with E-state index in [1.165, 1.54) is 18.5 Å². The lowest BCUT2D eigenvalue weighted by Gasteiger charge is -2.32. The molecule has 1 fully saturated rings. The molecular weight excluding hydrogens is 544 g/mol. The van der Waals surface area contributed by atoms with Crippen LogP contribution in [0.2, 0.25) is 0 Å². The third-order valence-corrected chi connectivity index (χ3v) is 5.47. The van der Waals surface area contributed by atoms with Crippen LogP contribution < -0.4 is 4.74 Å². The van der Waals surface area contributed by atoms with Gasteiger partial charge in [0.15, 0.2) is 0 Å². The van der Waals surface area contributed by atoms with Gasteiger partial charge in [-0.05, 0) is 24.8 Å². The lowest BCUT2D eigenvalue weighted by atomic mass is 9.98. The predicted molar refractivity (Wildman–Crippen MR) is 120 cm³/mol. The number of aryl methyl sites for hydroxylation is 1. The number of hydrogen-bond acceptors (Lipinski definition) is 8. The van der Waals surface area contributed by atoms with Gasteiger partial charge in [0.05, 0.1) is 19.4 Å². The Labute approximate surface area is 218 Å². The van der Waals surface area contributed by atoms with E-state index in [1.807, 2.05) is 17.8 Å². The third-order valence-electron chi connectivity index (χ3n) is 5.47. The summed E-state index contributed by atoms with van der Waals surface area (Å²) in [6.45, 7) is 4.11. The number of aliphatic carboxylic acids is 2. The maximum absolute atomic E-state index is 10.6. The van der Waals surface area contributed by atoms with E-state index in [-0.39, 0.29) is 0 Å². The van der Waals surface area contributed by atoms with Gasteiger partial charge in [-0.25, -0.2) is 14.6 Å². The number of alkyl halides is 6. The number of ether oxygens (including phenoxy) is 2. The molecule has 1 aliphatic heterocycles. The van der Waals surface area contributed by atoms with E-state index in [1.54, 1.807) is 13.3 Å². The number of pyridine rings is 1. The van der Waals surface area contributed by atoms with Gasteiger partial charge in [-0.15, -0.1) is 5.10 Å². The number of halogens is 6. The fourth-order valence-corrected chi connectivity index (χ4v) is 3.58. The van der Waals surface area contributed by atoms with E-state index >= 15 is 0 Å². The first kappa shape index (κ1) is 31.7. The second-order valence-corrected chi connectivity index (χ2v) is 8.67. The molecular formula is C22H27F6N5O6. The molecule has 39 heavy (non-hydrogen) atoms. The second kappa shape index (κ2) is 13.5. The van der Waals surface area contributed by atoms with Gasteiger partial charge < -0.3 is 19.7 Å². The van der Waals surface area contributed by atoms with Gasteiger partial charge in [0.2, 0.25) is 5.88 Å². The van der Waals surface area contributed by atoms with Crippen molar-refractivity contribution >= 4 is 11.9 Å². The number of carboxylic acid groups (broad SMARTS) is 2. The van der Waals surface area contributed by atoms with Crippen LogP contribution in [0.4, 0.5) is 26.3 Å². The Hall–Kier alpha value is -3.47. The number of nitrogens with zero attached hydrogens (tertiary/aromatic N) is 5. The number of carbonyl (C=O) groups is 2. The van der Waals surface area contributed by atoms with Crippen molar-refractivity contribution < 1.29 is 55.6 Å². The molecule has 11 nitrogen and oxygen atoms in total. The van der Waals surface area contributed by atoms with Crippen LogP contribution >= 0.6 is 0 Å². The third kappa shape index (κ3) is 10.3. The minimum atomic E-state index is -5.08. The predicted octanol–water partition coefficient (Wildman–Crippen LogP) is 3.01. The van der Waals surface area contributed by atoms with Crippen LogP contribution in [-0.2, 0) is 34.5 Å². The molecule has 3 heterocycles. The van der Waals surface area contributed by atoms with Gasteiger partial charge in [0.1, 0.15) is 5.69 Å². The van der Waals surface area contributed by atoms with Crippen LogP contribution in [0.1, 0.15) is 35.7 Å². The molecule has 1 saturated carbocycles. The van der Waals surface area contributed by atoms with Gasteiger partial charge in [0.25, 0.3) is 0 Å².